The van der Waals surface area contributed by atoms with Gasteiger partial charge in [0.15, 0.2) is 0 Å². The van der Waals surface area contributed by atoms with E-state index in [0.29, 0.717) is 18.4 Å². The van der Waals surface area contributed by atoms with Gasteiger partial charge in [0.1, 0.15) is 0 Å². The highest BCUT2D eigenvalue weighted by Gasteiger charge is 2.23. The maximum absolute atomic E-state index is 11.8. The summed E-state index contributed by atoms with van der Waals surface area (Å²) in [6.07, 6.45) is 3.91. The minimum Gasteiger partial charge on any atom is -0.354 e. The van der Waals surface area contributed by atoms with Crippen LogP contribution in [0, 0.1) is 0 Å². The number of hydrogen-bond donors (Lipinski definition) is 2. The van der Waals surface area contributed by atoms with Crippen LogP contribution in [0.15, 0.2) is 24.3 Å². The minimum absolute atomic E-state index is 0.148. The quantitative estimate of drug-likeness (QED) is 0.841. The molecule has 1 aromatic rings. The lowest BCUT2D eigenvalue weighted by molar-refractivity contribution is -0.121. The summed E-state index contributed by atoms with van der Waals surface area (Å²) in [5.41, 5.74) is 2.88. The van der Waals surface area contributed by atoms with Gasteiger partial charge in [0.2, 0.25) is 5.91 Å². The molecule has 0 bridgehead atoms. The first-order valence-corrected chi connectivity index (χ1v) is 8.23. The van der Waals surface area contributed by atoms with E-state index < -0.39 is 0 Å². The smallest absolute Gasteiger partial charge is 0.221 e. The lowest BCUT2D eigenvalue weighted by Gasteiger charge is -2.30. The summed E-state index contributed by atoms with van der Waals surface area (Å²) in [7, 11) is 0. The van der Waals surface area contributed by atoms with E-state index in [9.17, 15) is 4.79 Å². The predicted molar refractivity (Wildman–Crippen MR) is 87.3 cm³/mol. The topological polar surface area (TPSA) is 41.1 Å². The van der Waals surface area contributed by atoms with E-state index in [1.54, 1.807) is 0 Å². The van der Waals surface area contributed by atoms with Crippen molar-refractivity contribution in [2.24, 2.45) is 0 Å². The second-order valence-corrected chi connectivity index (χ2v) is 6.24. The van der Waals surface area contributed by atoms with E-state index in [-0.39, 0.29) is 11.9 Å². The molecule has 3 nitrogen and oxygen atoms in total. The molecule has 0 saturated heterocycles. The van der Waals surface area contributed by atoms with Crippen molar-refractivity contribution in [3.05, 3.63) is 35.4 Å². The number of carbonyl (C=O) groups excluding carboxylic acids is 1. The van der Waals surface area contributed by atoms with Gasteiger partial charge in [-0.15, -0.1) is 0 Å². The molecule has 1 aromatic carbocycles. The van der Waals surface area contributed by atoms with Crippen molar-refractivity contribution >= 4 is 5.91 Å². The molecule has 3 atom stereocenters. The fraction of sp³-hybridized carbons (Fsp3) is 0.611. The number of amides is 1. The molecule has 21 heavy (non-hydrogen) atoms. The fourth-order valence-electron chi connectivity index (χ4n) is 3.03. The largest absolute Gasteiger partial charge is 0.354 e. The lowest BCUT2D eigenvalue weighted by atomic mass is 9.81. The van der Waals surface area contributed by atoms with Crippen LogP contribution in [0.25, 0.3) is 0 Å². The Morgan fingerprint density at radius 3 is 2.71 bits per heavy atom. The number of rotatable bonds is 6. The summed E-state index contributed by atoms with van der Waals surface area (Å²) in [5.74, 6) is 0.794. The molecule has 3 heteroatoms. The molecule has 0 spiro atoms. The van der Waals surface area contributed by atoms with Gasteiger partial charge in [0.05, 0.1) is 0 Å². The Balaban J connectivity index is 1.85. The number of benzene rings is 1. The molecule has 3 unspecified atom stereocenters. The maximum atomic E-state index is 11.8. The van der Waals surface area contributed by atoms with E-state index in [1.807, 2.05) is 6.92 Å². The average molecular weight is 288 g/mol. The Morgan fingerprint density at radius 1 is 1.29 bits per heavy atom. The zero-order valence-corrected chi connectivity index (χ0v) is 13.5. The van der Waals surface area contributed by atoms with Gasteiger partial charge in [-0.2, -0.15) is 0 Å². The van der Waals surface area contributed by atoms with Crippen molar-refractivity contribution in [3.63, 3.8) is 0 Å². The van der Waals surface area contributed by atoms with Gasteiger partial charge >= 0.3 is 0 Å². The zero-order valence-electron chi connectivity index (χ0n) is 13.5. The van der Waals surface area contributed by atoms with Crippen LogP contribution in [0.1, 0.15) is 69.5 Å². The molecule has 2 rings (SSSR count). The molecule has 0 aliphatic heterocycles. The maximum Gasteiger partial charge on any atom is 0.221 e. The Hall–Kier alpha value is -1.35. The van der Waals surface area contributed by atoms with Crippen LogP contribution in [0.4, 0.5) is 0 Å². The van der Waals surface area contributed by atoms with Gasteiger partial charge in [-0.1, -0.05) is 38.1 Å². The van der Waals surface area contributed by atoms with Crippen LogP contribution in [0.5, 0.6) is 0 Å². The Bertz CT molecular complexity index is 472. The molecule has 1 aliphatic rings. The highest BCUT2D eigenvalue weighted by molar-refractivity contribution is 5.76. The first kappa shape index (κ1) is 16.0. The Kier molecular flexibility index (Phi) is 5.80. The normalized spacial score (nSPS) is 22.4. The van der Waals surface area contributed by atoms with Crippen molar-refractivity contribution < 1.29 is 4.79 Å². The van der Waals surface area contributed by atoms with Crippen LogP contribution in [-0.4, -0.2) is 18.5 Å². The first-order valence-electron chi connectivity index (χ1n) is 8.23. The number of nitrogens with one attached hydrogen (secondary N) is 2. The van der Waals surface area contributed by atoms with Crippen LogP contribution in [0.2, 0.25) is 0 Å². The summed E-state index contributed by atoms with van der Waals surface area (Å²) in [6, 6.07) is 9.37. The van der Waals surface area contributed by atoms with Crippen LogP contribution in [0.3, 0.4) is 0 Å². The second-order valence-electron chi connectivity index (χ2n) is 6.24. The highest BCUT2D eigenvalue weighted by atomic mass is 16.1. The second kappa shape index (κ2) is 7.60. The molecule has 0 fully saturated rings. The van der Waals surface area contributed by atoms with E-state index >= 15 is 0 Å². The third-order valence-electron chi connectivity index (χ3n) is 4.55. The van der Waals surface area contributed by atoms with Crippen molar-refractivity contribution in [2.45, 2.75) is 64.5 Å². The number of fused-ring (bicyclic) bond motifs is 1. The van der Waals surface area contributed by atoms with Gasteiger partial charge < -0.3 is 10.6 Å². The van der Waals surface area contributed by atoms with E-state index in [2.05, 4.69) is 48.7 Å². The number of carbonyl (C=O) groups is 1. The van der Waals surface area contributed by atoms with Crippen molar-refractivity contribution in [2.75, 3.05) is 6.54 Å². The lowest BCUT2D eigenvalue weighted by Crippen LogP contribution is -2.35. The fourth-order valence-corrected chi connectivity index (χ4v) is 3.03. The molecule has 0 heterocycles. The van der Waals surface area contributed by atoms with Gasteiger partial charge in [-0.25, -0.2) is 0 Å². The van der Waals surface area contributed by atoms with Gasteiger partial charge in [-0.05, 0) is 43.2 Å². The third kappa shape index (κ3) is 4.31. The summed E-state index contributed by atoms with van der Waals surface area (Å²) in [4.78, 5) is 11.8. The third-order valence-corrected chi connectivity index (χ3v) is 4.55. The van der Waals surface area contributed by atoms with Crippen LogP contribution >= 0.6 is 0 Å². The van der Waals surface area contributed by atoms with Gasteiger partial charge in [-0.3, -0.25) is 4.79 Å². The van der Waals surface area contributed by atoms with E-state index in [0.717, 1.165) is 19.4 Å². The summed E-state index contributed by atoms with van der Waals surface area (Å²) < 4.78 is 0. The van der Waals surface area contributed by atoms with E-state index in [4.69, 9.17) is 0 Å². The monoisotopic (exact) mass is 288 g/mol. The SMILES string of the molecule is CCC(C)NC(=O)CCNC1CCC(C)c2ccccc21. The van der Waals surface area contributed by atoms with Crippen LogP contribution < -0.4 is 10.6 Å². The summed E-state index contributed by atoms with van der Waals surface area (Å²) in [6.45, 7) is 7.18. The molecular weight excluding hydrogens is 260 g/mol. The van der Waals surface area contributed by atoms with Crippen molar-refractivity contribution in [1.29, 1.82) is 0 Å². The van der Waals surface area contributed by atoms with Crippen LogP contribution in [-0.2, 0) is 4.79 Å². The minimum atomic E-state index is 0.148. The van der Waals surface area contributed by atoms with Gasteiger partial charge in [0.25, 0.3) is 0 Å². The molecular formula is C18H28N2O. The average Bonchev–Trinajstić information content (AvgIpc) is 2.49. The molecule has 0 saturated carbocycles. The molecule has 1 aliphatic carbocycles. The van der Waals surface area contributed by atoms with E-state index in [1.165, 1.54) is 17.5 Å². The van der Waals surface area contributed by atoms with Gasteiger partial charge in [0, 0.05) is 25.0 Å². The standard InChI is InChI=1S/C18H28N2O/c1-4-14(3)20-18(21)11-12-19-17-10-9-13(2)15-7-5-6-8-16(15)17/h5-8,13-14,17,19H,4,9-12H2,1-3H3,(H,20,21). The zero-order chi connectivity index (χ0) is 15.2. The van der Waals surface area contributed by atoms with Crippen molar-refractivity contribution in [3.8, 4) is 0 Å². The molecule has 0 radical (unpaired) electrons. The molecule has 2 N–H and O–H groups in total. The molecule has 116 valence electrons. The summed E-state index contributed by atoms with van der Waals surface area (Å²) in [5, 5.41) is 6.57. The summed E-state index contributed by atoms with van der Waals surface area (Å²) >= 11 is 0. The Labute approximate surface area is 128 Å². The molecule has 0 aromatic heterocycles. The Morgan fingerprint density at radius 2 is 2.00 bits per heavy atom. The first-order chi connectivity index (χ1) is 10.1. The predicted octanol–water partition coefficient (Wildman–Crippen LogP) is 3.52. The van der Waals surface area contributed by atoms with Crippen molar-refractivity contribution in [1.82, 2.24) is 10.6 Å². The molecule has 1 amide bonds. The highest BCUT2D eigenvalue weighted by Crippen LogP contribution is 2.36. The number of hydrogen-bond acceptors (Lipinski definition) is 2.